The molecule has 2 aromatic rings. The highest BCUT2D eigenvalue weighted by molar-refractivity contribution is 6.32. The second-order valence-corrected chi connectivity index (χ2v) is 4.68. The largest absolute Gasteiger partial charge is 0.487 e. The Labute approximate surface area is 119 Å². The number of nitrogens with one attached hydrogen (secondary N) is 1. The Bertz CT molecular complexity index is 528. The van der Waals surface area contributed by atoms with Gasteiger partial charge in [0.2, 0.25) is 0 Å². The van der Waals surface area contributed by atoms with Crippen LogP contribution in [0.5, 0.6) is 5.75 Å². The van der Waals surface area contributed by atoms with Crippen LogP contribution < -0.4 is 10.1 Å². The summed E-state index contributed by atoms with van der Waals surface area (Å²) in [5, 5.41) is 3.98. The van der Waals surface area contributed by atoms with Crippen molar-refractivity contribution in [2.75, 3.05) is 6.54 Å². The second-order valence-electron chi connectivity index (χ2n) is 4.27. The van der Waals surface area contributed by atoms with Gasteiger partial charge in [0.1, 0.15) is 12.4 Å². The maximum Gasteiger partial charge on any atom is 0.138 e. The van der Waals surface area contributed by atoms with Gasteiger partial charge < -0.3 is 10.1 Å². The Hall–Kier alpha value is -1.51. The van der Waals surface area contributed by atoms with Crippen molar-refractivity contribution in [2.45, 2.75) is 20.1 Å². The molecule has 0 bridgehead atoms. The van der Waals surface area contributed by atoms with Gasteiger partial charge in [-0.2, -0.15) is 0 Å². The van der Waals surface area contributed by atoms with E-state index in [0.717, 1.165) is 18.8 Å². The molecule has 3 heteroatoms. The van der Waals surface area contributed by atoms with Gasteiger partial charge in [-0.15, -0.1) is 0 Å². The van der Waals surface area contributed by atoms with Crippen LogP contribution in [0.15, 0.2) is 48.5 Å². The fourth-order valence-corrected chi connectivity index (χ4v) is 2.04. The highest BCUT2D eigenvalue weighted by atomic mass is 35.5. The lowest BCUT2D eigenvalue weighted by Gasteiger charge is -2.12. The van der Waals surface area contributed by atoms with E-state index in [-0.39, 0.29) is 0 Å². The van der Waals surface area contributed by atoms with Crippen molar-refractivity contribution in [1.82, 2.24) is 5.32 Å². The van der Waals surface area contributed by atoms with E-state index in [9.17, 15) is 0 Å². The molecule has 0 aliphatic heterocycles. The first kappa shape index (κ1) is 13.9. The third kappa shape index (κ3) is 3.98. The van der Waals surface area contributed by atoms with Gasteiger partial charge in [0.15, 0.2) is 0 Å². The van der Waals surface area contributed by atoms with Gasteiger partial charge in [-0.05, 0) is 29.8 Å². The van der Waals surface area contributed by atoms with Crippen molar-refractivity contribution in [2.24, 2.45) is 0 Å². The first-order valence-corrected chi connectivity index (χ1v) is 6.84. The Balaban J connectivity index is 2.05. The summed E-state index contributed by atoms with van der Waals surface area (Å²) in [6.07, 6.45) is 0. The van der Waals surface area contributed by atoms with E-state index in [1.165, 1.54) is 11.1 Å². The number of rotatable bonds is 6. The number of para-hydroxylation sites is 1. The van der Waals surface area contributed by atoms with Crippen LogP contribution in [-0.2, 0) is 13.2 Å². The number of hydrogen-bond donors (Lipinski definition) is 1. The van der Waals surface area contributed by atoms with Crippen LogP contribution in [0.4, 0.5) is 0 Å². The van der Waals surface area contributed by atoms with Crippen molar-refractivity contribution < 1.29 is 4.74 Å². The minimum absolute atomic E-state index is 0.533. The maximum atomic E-state index is 6.08. The lowest BCUT2D eigenvalue weighted by atomic mass is 10.1. The molecular weight excluding hydrogens is 258 g/mol. The van der Waals surface area contributed by atoms with Crippen LogP contribution in [0.2, 0.25) is 5.02 Å². The highest BCUT2D eigenvalue weighted by Crippen LogP contribution is 2.24. The summed E-state index contributed by atoms with van der Waals surface area (Å²) in [5.74, 6) is 0.724. The van der Waals surface area contributed by atoms with Crippen molar-refractivity contribution in [3.05, 3.63) is 64.7 Å². The zero-order valence-electron chi connectivity index (χ0n) is 11.0. The maximum absolute atomic E-state index is 6.08. The van der Waals surface area contributed by atoms with Crippen LogP contribution in [0.3, 0.4) is 0 Å². The summed E-state index contributed by atoms with van der Waals surface area (Å²) in [5.41, 5.74) is 2.44. The van der Waals surface area contributed by atoms with E-state index < -0.39 is 0 Å². The predicted molar refractivity (Wildman–Crippen MR) is 79.6 cm³/mol. The predicted octanol–water partition coefficient (Wildman–Crippen LogP) is 4.03. The summed E-state index contributed by atoms with van der Waals surface area (Å²) in [6.45, 7) is 4.45. The molecule has 0 aliphatic rings. The Morgan fingerprint density at radius 1 is 1.00 bits per heavy atom. The van der Waals surface area contributed by atoms with Crippen LogP contribution in [0.25, 0.3) is 0 Å². The molecule has 2 nitrogen and oxygen atoms in total. The summed E-state index contributed by atoms with van der Waals surface area (Å²) in [7, 11) is 0. The minimum Gasteiger partial charge on any atom is -0.487 e. The fourth-order valence-electron chi connectivity index (χ4n) is 1.85. The van der Waals surface area contributed by atoms with Gasteiger partial charge in [-0.3, -0.25) is 0 Å². The number of ether oxygens (including phenoxy) is 1. The lowest BCUT2D eigenvalue weighted by molar-refractivity contribution is 0.305. The molecule has 0 fully saturated rings. The molecule has 0 aromatic heterocycles. The third-order valence-corrected chi connectivity index (χ3v) is 3.22. The molecule has 0 saturated carbocycles. The summed E-state index contributed by atoms with van der Waals surface area (Å²) < 4.78 is 5.78. The summed E-state index contributed by atoms with van der Waals surface area (Å²) >= 11 is 6.08. The Morgan fingerprint density at radius 2 is 1.68 bits per heavy atom. The average Bonchev–Trinajstić information content (AvgIpc) is 2.45. The first-order chi connectivity index (χ1) is 9.31. The summed E-state index contributed by atoms with van der Waals surface area (Å²) in [4.78, 5) is 0. The van der Waals surface area contributed by atoms with Gasteiger partial charge in [0.05, 0.1) is 5.02 Å². The molecule has 0 radical (unpaired) electrons. The van der Waals surface area contributed by atoms with Gasteiger partial charge in [-0.1, -0.05) is 54.9 Å². The first-order valence-electron chi connectivity index (χ1n) is 6.46. The molecule has 2 rings (SSSR count). The Morgan fingerprint density at radius 3 is 2.42 bits per heavy atom. The van der Waals surface area contributed by atoms with E-state index >= 15 is 0 Å². The molecule has 0 atom stereocenters. The average molecular weight is 276 g/mol. The van der Waals surface area contributed by atoms with Crippen molar-refractivity contribution in [3.63, 3.8) is 0 Å². The molecule has 19 heavy (non-hydrogen) atoms. The van der Waals surface area contributed by atoms with Crippen LogP contribution in [0, 0.1) is 0 Å². The molecule has 0 spiro atoms. The van der Waals surface area contributed by atoms with Crippen molar-refractivity contribution in [1.29, 1.82) is 0 Å². The van der Waals surface area contributed by atoms with Gasteiger partial charge in [0.25, 0.3) is 0 Å². The van der Waals surface area contributed by atoms with E-state index in [4.69, 9.17) is 16.3 Å². The van der Waals surface area contributed by atoms with Crippen LogP contribution in [-0.4, -0.2) is 6.54 Å². The van der Waals surface area contributed by atoms with Crippen molar-refractivity contribution in [3.8, 4) is 5.75 Å². The normalized spacial score (nSPS) is 10.4. The van der Waals surface area contributed by atoms with Crippen LogP contribution >= 0.6 is 11.6 Å². The molecular formula is C16H18ClNO. The van der Waals surface area contributed by atoms with Gasteiger partial charge in [-0.25, -0.2) is 0 Å². The number of halogens is 1. The van der Waals surface area contributed by atoms with Crippen LogP contribution in [0.1, 0.15) is 18.1 Å². The minimum atomic E-state index is 0.533. The molecule has 0 saturated heterocycles. The zero-order chi connectivity index (χ0) is 13.5. The molecule has 100 valence electrons. The SMILES string of the molecule is CCNCc1ccccc1COc1ccccc1Cl. The molecule has 0 amide bonds. The number of hydrogen-bond acceptors (Lipinski definition) is 2. The highest BCUT2D eigenvalue weighted by Gasteiger charge is 2.04. The third-order valence-electron chi connectivity index (χ3n) is 2.90. The van der Waals surface area contributed by atoms with Crippen molar-refractivity contribution >= 4 is 11.6 Å². The quantitative estimate of drug-likeness (QED) is 0.859. The van der Waals surface area contributed by atoms with E-state index in [0.29, 0.717) is 11.6 Å². The molecule has 2 aromatic carbocycles. The molecule has 0 unspecified atom stereocenters. The standard InChI is InChI=1S/C16H18ClNO/c1-2-18-11-13-7-3-4-8-14(13)12-19-16-10-6-5-9-15(16)17/h3-10,18H,2,11-12H2,1H3. The summed E-state index contributed by atoms with van der Waals surface area (Å²) in [6, 6.07) is 15.8. The zero-order valence-corrected chi connectivity index (χ0v) is 11.8. The molecule has 0 heterocycles. The topological polar surface area (TPSA) is 21.3 Å². The van der Waals surface area contributed by atoms with E-state index in [1.54, 1.807) is 0 Å². The molecule has 1 N–H and O–H groups in total. The number of benzene rings is 2. The monoisotopic (exact) mass is 275 g/mol. The molecule has 0 aliphatic carbocycles. The second kappa shape index (κ2) is 7.17. The fraction of sp³-hybridized carbons (Fsp3) is 0.250. The smallest absolute Gasteiger partial charge is 0.138 e. The lowest BCUT2D eigenvalue weighted by Crippen LogP contribution is -2.13. The van der Waals surface area contributed by atoms with Gasteiger partial charge >= 0.3 is 0 Å². The van der Waals surface area contributed by atoms with Gasteiger partial charge in [0, 0.05) is 6.54 Å². The Kier molecular flexibility index (Phi) is 5.25. The van der Waals surface area contributed by atoms with E-state index in [2.05, 4.69) is 24.4 Å². The van der Waals surface area contributed by atoms with E-state index in [1.807, 2.05) is 36.4 Å².